The summed E-state index contributed by atoms with van der Waals surface area (Å²) in [5.74, 6) is 1.87. The molecule has 27 heavy (non-hydrogen) atoms. The van der Waals surface area contributed by atoms with Crippen LogP contribution in [0.25, 0.3) is 22.2 Å². The molecule has 4 aromatic rings. The highest BCUT2D eigenvalue weighted by molar-refractivity contribution is 5.81. The van der Waals surface area contributed by atoms with Crippen LogP contribution in [0, 0.1) is 6.92 Å². The number of nitrogens with zero attached hydrogens (tertiary/aromatic N) is 1. The van der Waals surface area contributed by atoms with E-state index < -0.39 is 0 Å². The van der Waals surface area contributed by atoms with Crippen LogP contribution in [0.2, 0.25) is 0 Å². The maximum Gasteiger partial charge on any atom is 0.336 e. The fourth-order valence-electron chi connectivity index (χ4n) is 2.91. The summed E-state index contributed by atoms with van der Waals surface area (Å²) >= 11 is 0. The van der Waals surface area contributed by atoms with Crippen LogP contribution < -0.4 is 15.1 Å². The van der Waals surface area contributed by atoms with Crippen LogP contribution in [-0.4, -0.2) is 12.3 Å². The number of fused-ring (bicyclic) bond motifs is 1. The Morgan fingerprint density at radius 2 is 1.93 bits per heavy atom. The summed E-state index contributed by atoms with van der Waals surface area (Å²) in [7, 11) is 1.61. The third-order valence-electron chi connectivity index (χ3n) is 4.25. The summed E-state index contributed by atoms with van der Waals surface area (Å²) < 4.78 is 21.7. The molecule has 0 saturated carbocycles. The second kappa shape index (κ2) is 6.99. The Morgan fingerprint density at radius 3 is 2.78 bits per heavy atom. The van der Waals surface area contributed by atoms with E-state index in [9.17, 15) is 4.79 Å². The quantitative estimate of drug-likeness (QED) is 0.491. The van der Waals surface area contributed by atoms with Gasteiger partial charge in [0.05, 0.1) is 7.11 Å². The van der Waals surface area contributed by atoms with Crippen molar-refractivity contribution in [2.45, 2.75) is 13.5 Å². The zero-order chi connectivity index (χ0) is 18.8. The van der Waals surface area contributed by atoms with Crippen molar-refractivity contribution in [2.24, 2.45) is 0 Å². The van der Waals surface area contributed by atoms with Crippen LogP contribution in [0.15, 0.2) is 68.3 Å². The van der Waals surface area contributed by atoms with E-state index in [0.717, 1.165) is 22.3 Å². The van der Waals surface area contributed by atoms with E-state index in [1.807, 2.05) is 49.4 Å². The number of hydrogen-bond donors (Lipinski definition) is 0. The number of aryl methyl sites for hydroxylation is 1. The fourth-order valence-corrected chi connectivity index (χ4v) is 2.91. The molecule has 4 rings (SSSR count). The lowest BCUT2D eigenvalue weighted by molar-refractivity contribution is 0.249. The summed E-state index contributed by atoms with van der Waals surface area (Å²) in [5.41, 5.74) is 2.49. The number of aromatic nitrogens is 1. The maximum atomic E-state index is 11.5. The molecule has 0 aliphatic heterocycles. The molecule has 0 bridgehead atoms. The summed E-state index contributed by atoms with van der Waals surface area (Å²) in [5, 5.41) is 4.96. The largest absolute Gasteiger partial charge is 0.496 e. The van der Waals surface area contributed by atoms with Crippen molar-refractivity contribution in [3.05, 3.63) is 76.3 Å². The number of rotatable bonds is 5. The lowest BCUT2D eigenvalue weighted by Gasteiger charge is -2.06. The van der Waals surface area contributed by atoms with Crippen LogP contribution >= 0.6 is 0 Å². The Morgan fingerprint density at radius 1 is 1.07 bits per heavy atom. The first-order chi connectivity index (χ1) is 13.1. The number of methoxy groups -OCH3 is 1. The van der Waals surface area contributed by atoms with E-state index in [0.29, 0.717) is 22.8 Å². The second-order valence-corrected chi connectivity index (χ2v) is 6.07. The van der Waals surface area contributed by atoms with Crippen molar-refractivity contribution in [2.75, 3.05) is 7.11 Å². The molecule has 0 fully saturated rings. The third kappa shape index (κ3) is 3.42. The van der Waals surface area contributed by atoms with Crippen molar-refractivity contribution in [3.8, 4) is 22.8 Å². The topological polar surface area (TPSA) is 74.7 Å². The van der Waals surface area contributed by atoms with Gasteiger partial charge in [-0.25, -0.2) is 4.79 Å². The monoisotopic (exact) mass is 363 g/mol. The molecule has 2 aromatic heterocycles. The van der Waals surface area contributed by atoms with Crippen LogP contribution in [-0.2, 0) is 6.61 Å². The molecule has 6 nitrogen and oxygen atoms in total. The van der Waals surface area contributed by atoms with Gasteiger partial charge >= 0.3 is 5.63 Å². The molecular formula is C21H17NO5. The van der Waals surface area contributed by atoms with Gasteiger partial charge in [0, 0.05) is 29.1 Å². The molecule has 6 heteroatoms. The van der Waals surface area contributed by atoms with Gasteiger partial charge in [-0.1, -0.05) is 17.3 Å². The molecule has 0 aliphatic carbocycles. The first kappa shape index (κ1) is 16.9. The molecule has 0 aliphatic rings. The van der Waals surface area contributed by atoms with Crippen molar-refractivity contribution in [1.29, 1.82) is 0 Å². The molecule has 2 aromatic carbocycles. The predicted octanol–water partition coefficient (Wildman–Crippen LogP) is 4.34. The van der Waals surface area contributed by atoms with Crippen molar-refractivity contribution >= 4 is 11.0 Å². The van der Waals surface area contributed by atoms with Gasteiger partial charge in [0.25, 0.3) is 0 Å². The highest BCUT2D eigenvalue weighted by atomic mass is 16.5. The van der Waals surface area contributed by atoms with Gasteiger partial charge in [-0.05, 0) is 36.8 Å². The van der Waals surface area contributed by atoms with Gasteiger partial charge in [0.1, 0.15) is 29.4 Å². The van der Waals surface area contributed by atoms with Gasteiger partial charge in [0.2, 0.25) is 0 Å². The molecule has 0 unspecified atom stereocenters. The van der Waals surface area contributed by atoms with Gasteiger partial charge in [0.15, 0.2) is 5.76 Å². The van der Waals surface area contributed by atoms with Crippen molar-refractivity contribution in [3.63, 3.8) is 0 Å². The van der Waals surface area contributed by atoms with Crippen molar-refractivity contribution < 1.29 is 18.4 Å². The molecule has 0 N–H and O–H groups in total. The van der Waals surface area contributed by atoms with E-state index in [-0.39, 0.29) is 12.2 Å². The summed E-state index contributed by atoms with van der Waals surface area (Å²) in [4.78, 5) is 11.5. The van der Waals surface area contributed by atoms with Gasteiger partial charge < -0.3 is 18.4 Å². The van der Waals surface area contributed by atoms with E-state index in [1.165, 1.54) is 6.07 Å². The standard InChI is InChI=1S/C21H17NO5/c1-13-9-21(23)26-20-11-14(7-8-16(13)20)25-12-15-10-18(22-27-15)17-5-3-4-6-19(17)24-2/h3-11H,12H2,1-2H3. The fraction of sp³-hybridized carbons (Fsp3) is 0.143. The highest BCUT2D eigenvalue weighted by Crippen LogP contribution is 2.29. The molecule has 136 valence electrons. The Balaban J connectivity index is 1.53. The average molecular weight is 363 g/mol. The zero-order valence-corrected chi connectivity index (χ0v) is 14.9. The normalized spacial score (nSPS) is 10.9. The van der Waals surface area contributed by atoms with Crippen molar-refractivity contribution in [1.82, 2.24) is 5.16 Å². The lowest BCUT2D eigenvalue weighted by atomic mass is 10.1. The molecule has 0 amide bonds. The zero-order valence-electron chi connectivity index (χ0n) is 14.9. The summed E-state index contributed by atoms with van der Waals surface area (Å²) in [6.07, 6.45) is 0. The highest BCUT2D eigenvalue weighted by Gasteiger charge is 2.12. The lowest BCUT2D eigenvalue weighted by Crippen LogP contribution is -1.98. The van der Waals surface area contributed by atoms with Crippen LogP contribution in [0.1, 0.15) is 11.3 Å². The SMILES string of the molecule is COc1ccccc1-c1cc(COc2ccc3c(C)cc(=O)oc3c2)on1. The summed E-state index contributed by atoms with van der Waals surface area (Å²) in [6.45, 7) is 2.07. The van der Waals surface area contributed by atoms with Gasteiger partial charge in [-0.3, -0.25) is 0 Å². The Bertz CT molecular complexity index is 1160. The summed E-state index contributed by atoms with van der Waals surface area (Å²) in [6, 6.07) is 16.2. The molecule has 0 atom stereocenters. The Hall–Kier alpha value is -3.54. The average Bonchev–Trinajstić information content (AvgIpc) is 3.14. The minimum atomic E-state index is -0.381. The second-order valence-electron chi connectivity index (χ2n) is 6.07. The Labute approximate surface area is 154 Å². The smallest absolute Gasteiger partial charge is 0.336 e. The molecule has 0 spiro atoms. The van der Waals surface area contributed by atoms with Gasteiger partial charge in [-0.2, -0.15) is 0 Å². The van der Waals surface area contributed by atoms with Crippen LogP contribution in [0.4, 0.5) is 0 Å². The van der Waals surface area contributed by atoms with E-state index >= 15 is 0 Å². The predicted molar refractivity (Wildman–Crippen MR) is 100 cm³/mol. The van der Waals surface area contributed by atoms with E-state index in [1.54, 1.807) is 13.2 Å². The van der Waals surface area contributed by atoms with Crippen LogP contribution in [0.5, 0.6) is 11.5 Å². The number of para-hydroxylation sites is 1. The van der Waals surface area contributed by atoms with E-state index in [4.69, 9.17) is 18.4 Å². The minimum Gasteiger partial charge on any atom is -0.496 e. The molecule has 0 saturated heterocycles. The first-order valence-electron chi connectivity index (χ1n) is 8.40. The third-order valence-corrected chi connectivity index (χ3v) is 4.25. The number of benzene rings is 2. The van der Waals surface area contributed by atoms with E-state index in [2.05, 4.69) is 5.16 Å². The number of ether oxygens (including phenoxy) is 2. The first-order valence-corrected chi connectivity index (χ1v) is 8.40. The molecule has 2 heterocycles. The van der Waals surface area contributed by atoms with Gasteiger partial charge in [-0.15, -0.1) is 0 Å². The Kier molecular flexibility index (Phi) is 4.38. The van der Waals surface area contributed by atoms with Crippen LogP contribution in [0.3, 0.4) is 0 Å². The molecule has 0 radical (unpaired) electrons. The minimum absolute atomic E-state index is 0.198. The molecular weight excluding hydrogens is 346 g/mol. The maximum absolute atomic E-state index is 11.5. The number of hydrogen-bond acceptors (Lipinski definition) is 6.